The van der Waals surface area contributed by atoms with Gasteiger partial charge in [-0.05, 0) is 12.1 Å². The van der Waals surface area contributed by atoms with Gasteiger partial charge in [-0.2, -0.15) is 0 Å². The van der Waals surface area contributed by atoms with Gasteiger partial charge in [-0.1, -0.05) is 28.9 Å². The molecule has 16 heavy (non-hydrogen) atoms. The molecule has 0 N–H and O–H groups in total. The van der Waals surface area contributed by atoms with Crippen LogP contribution in [0, 0.1) is 11.6 Å². The Labute approximate surface area is 101 Å². The summed E-state index contributed by atoms with van der Waals surface area (Å²) in [5.74, 6) is -2.32. The van der Waals surface area contributed by atoms with E-state index in [1.54, 1.807) is 0 Å². The number of amides is 1. The molecule has 1 atom stereocenters. The number of carbonyl (C=O) groups is 1. The first-order valence-electron chi connectivity index (χ1n) is 4.77. The second kappa shape index (κ2) is 5.39. The van der Waals surface area contributed by atoms with E-state index in [4.69, 9.17) is 0 Å². The van der Waals surface area contributed by atoms with Gasteiger partial charge >= 0.3 is 0 Å². The summed E-state index contributed by atoms with van der Waals surface area (Å²) < 4.78 is 26.6. The average Bonchev–Trinajstić information content (AvgIpc) is 2.16. The van der Waals surface area contributed by atoms with E-state index < -0.39 is 23.1 Å². The van der Waals surface area contributed by atoms with Gasteiger partial charge in [0.25, 0.3) is 5.91 Å². The third kappa shape index (κ3) is 3.01. The molecule has 0 fully saturated rings. The fourth-order valence-electron chi connectivity index (χ4n) is 1.35. The number of halogens is 3. The minimum Gasteiger partial charge on any atom is -0.340 e. The lowest BCUT2D eigenvalue weighted by Gasteiger charge is -2.19. The van der Waals surface area contributed by atoms with E-state index in [1.807, 2.05) is 6.92 Å². The Hall–Kier alpha value is -0.970. The Balaban J connectivity index is 2.96. The van der Waals surface area contributed by atoms with Crippen molar-refractivity contribution < 1.29 is 13.6 Å². The number of hydrogen-bond donors (Lipinski definition) is 0. The van der Waals surface area contributed by atoms with Gasteiger partial charge in [0.15, 0.2) is 0 Å². The van der Waals surface area contributed by atoms with Crippen molar-refractivity contribution in [2.45, 2.75) is 11.8 Å². The fourth-order valence-corrected chi connectivity index (χ4v) is 1.79. The quantitative estimate of drug-likeness (QED) is 0.784. The van der Waals surface area contributed by atoms with Crippen LogP contribution >= 0.6 is 15.9 Å². The van der Waals surface area contributed by atoms with Gasteiger partial charge < -0.3 is 4.90 Å². The normalized spacial score (nSPS) is 12.3. The first kappa shape index (κ1) is 13.1. The van der Waals surface area contributed by atoms with Crippen molar-refractivity contribution in [1.29, 1.82) is 0 Å². The smallest absolute Gasteiger partial charge is 0.259 e. The molecular formula is C11H12BrF2NO. The summed E-state index contributed by atoms with van der Waals surface area (Å²) in [6, 6.07) is 3.37. The predicted octanol–water partition coefficient (Wildman–Crippen LogP) is 2.82. The summed E-state index contributed by atoms with van der Waals surface area (Å²) >= 11 is 3.27. The van der Waals surface area contributed by atoms with E-state index in [9.17, 15) is 13.6 Å². The van der Waals surface area contributed by atoms with E-state index >= 15 is 0 Å². The lowest BCUT2D eigenvalue weighted by molar-refractivity contribution is 0.0787. The largest absolute Gasteiger partial charge is 0.340 e. The number of carbonyl (C=O) groups excluding carboxylic acids is 1. The summed E-state index contributed by atoms with van der Waals surface area (Å²) in [6.07, 6.45) is 0. The Morgan fingerprint density at radius 1 is 1.44 bits per heavy atom. The van der Waals surface area contributed by atoms with Crippen LogP contribution in [0.15, 0.2) is 18.2 Å². The number of benzene rings is 1. The molecule has 0 aliphatic heterocycles. The van der Waals surface area contributed by atoms with E-state index in [-0.39, 0.29) is 4.83 Å². The molecule has 0 saturated carbocycles. The summed E-state index contributed by atoms with van der Waals surface area (Å²) in [4.78, 5) is 13.1. The lowest BCUT2D eigenvalue weighted by Crippen LogP contribution is -2.32. The number of rotatable bonds is 3. The van der Waals surface area contributed by atoms with Gasteiger partial charge in [-0.15, -0.1) is 0 Å². The SMILES string of the molecule is CC(Br)CN(C)C(=O)c1c(F)cccc1F. The van der Waals surface area contributed by atoms with E-state index in [0.29, 0.717) is 6.54 Å². The van der Waals surface area contributed by atoms with Crippen molar-refractivity contribution in [1.82, 2.24) is 4.90 Å². The molecule has 0 aliphatic carbocycles. The van der Waals surface area contributed by atoms with Crippen LogP contribution in [-0.4, -0.2) is 29.2 Å². The minimum absolute atomic E-state index is 0.0660. The average molecular weight is 292 g/mol. The van der Waals surface area contributed by atoms with Crippen LogP contribution in [0.3, 0.4) is 0 Å². The van der Waals surface area contributed by atoms with Crippen molar-refractivity contribution in [3.05, 3.63) is 35.4 Å². The van der Waals surface area contributed by atoms with Crippen LogP contribution in [-0.2, 0) is 0 Å². The second-order valence-corrected chi connectivity index (χ2v) is 5.13. The molecule has 1 unspecified atom stereocenters. The van der Waals surface area contributed by atoms with Crippen LogP contribution < -0.4 is 0 Å². The van der Waals surface area contributed by atoms with E-state index in [1.165, 1.54) is 18.0 Å². The molecule has 0 aliphatic rings. The summed E-state index contributed by atoms with van der Waals surface area (Å²) in [5, 5.41) is 0. The molecule has 88 valence electrons. The summed E-state index contributed by atoms with van der Waals surface area (Å²) in [5.41, 5.74) is -0.502. The number of nitrogens with zero attached hydrogens (tertiary/aromatic N) is 1. The molecule has 0 bridgehead atoms. The van der Waals surface area contributed by atoms with Gasteiger partial charge in [0, 0.05) is 18.4 Å². The molecule has 1 aromatic rings. The standard InChI is InChI=1S/C11H12BrF2NO/c1-7(12)6-15(2)11(16)10-8(13)4-3-5-9(10)14/h3-5,7H,6H2,1-2H3. The van der Waals surface area contributed by atoms with Crippen molar-refractivity contribution in [2.75, 3.05) is 13.6 Å². The maximum Gasteiger partial charge on any atom is 0.259 e. The molecular weight excluding hydrogens is 280 g/mol. The Bertz CT molecular complexity index is 375. The zero-order valence-corrected chi connectivity index (χ0v) is 10.6. The minimum atomic E-state index is -0.834. The Morgan fingerprint density at radius 2 is 1.94 bits per heavy atom. The molecule has 1 amide bonds. The third-order valence-electron chi connectivity index (χ3n) is 2.05. The van der Waals surface area contributed by atoms with Crippen molar-refractivity contribution in [2.24, 2.45) is 0 Å². The van der Waals surface area contributed by atoms with Gasteiger partial charge in [0.2, 0.25) is 0 Å². The first-order chi connectivity index (χ1) is 7.43. The highest BCUT2D eigenvalue weighted by atomic mass is 79.9. The van der Waals surface area contributed by atoms with E-state index in [2.05, 4.69) is 15.9 Å². The molecule has 0 aromatic heterocycles. The van der Waals surface area contributed by atoms with Gasteiger partial charge in [0.1, 0.15) is 17.2 Å². The molecule has 0 heterocycles. The maximum atomic E-state index is 13.3. The second-order valence-electron chi connectivity index (χ2n) is 3.56. The van der Waals surface area contributed by atoms with Crippen LogP contribution in [0.1, 0.15) is 17.3 Å². The topological polar surface area (TPSA) is 20.3 Å². The highest BCUT2D eigenvalue weighted by molar-refractivity contribution is 9.09. The fraction of sp³-hybridized carbons (Fsp3) is 0.364. The van der Waals surface area contributed by atoms with Crippen molar-refractivity contribution >= 4 is 21.8 Å². The first-order valence-corrected chi connectivity index (χ1v) is 5.68. The van der Waals surface area contributed by atoms with Crippen LogP contribution in [0.25, 0.3) is 0 Å². The molecule has 0 saturated heterocycles. The molecule has 1 aromatic carbocycles. The predicted molar refractivity (Wildman–Crippen MR) is 61.7 cm³/mol. The molecule has 2 nitrogen and oxygen atoms in total. The monoisotopic (exact) mass is 291 g/mol. The zero-order valence-electron chi connectivity index (χ0n) is 9.01. The Morgan fingerprint density at radius 3 is 2.38 bits per heavy atom. The number of alkyl halides is 1. The van der Waals surface area contributed by atoms with Crippen molar-refractivity contribution in [3.63, 3.8) is 0 Å². The van der Waals surface area contributed by atoms with E-state index in [0.717, 1.165) is 12.1 Å². The molecule has 0 radical (unpaired) electrons. The summed E-state index contributed by atoms with van der Waals surface area (Å²) in [6.45, 7) is 2.23. The van der Waals surface area contributed by atoms with Crippen molar-refractivity contribution in [3.8, 4) is 0 Å². The lowest BCUT2D eigenvalue weighted by atomic mass is 10.1. The Kier molecular flexibility index (Phi) is 4.41. The van der Waals surface area contributed by atoms with Gasteiger partial charge in [-0.25, -0.2) is 8.78 Å². The molecule has 1 rings (SSSR count). The van der Waals surface area contributed by atoms with Crippen LogP contribution in [0.2, 0.25) is 0 Å². The zero-order chi connectivity index (χ0) is 12.3. The van der Waals surface area contributed by atoms with Crippen LogP contribution in [0.4, 0.5) is 8.78 Å². The highest BCUT2D eigenvalue weighted by Gasteiger charge is 2.20. The summed E-state index contributed by atoms with van der Waals surface area (Å²) in [7, 11) is 1.51. The highest BCUT2D eigenvalue weighted by Crippen LogP contribution is 2.14. The van der Waals surface area contributed by atoms with Gasteiger partial charge in [-0.3, -0.25) is 4.79 Å². The molecule has 5 heteroatoms. The third-order valence-corrected chi connectivity index (χ3v) is 2.34. The maximum absolute atomic E-state index is 13.3. The number of hydrogen-bond acceptors (Lipinski definition) is 1. The molecule has 0 spiro atoms. The van der Waals surface area contributed by atoms with Gasteiger partial charge in [0.05, 0.1) is 0 Å². The van der Waals surface area contributed by atoms with Crippen LogP contribution in [0.5, 0.6) is 0 Å².